The monoisotopic (exact) mass is 292 g/mol. The van der Waals surface area contributed by atoms with Gasteiger partial charge in [0.05, 0.1) is 18.4 Å². The number of methoxy groups -OCH3 is 1. The molecule has 6 heteroatoms. The van der Waals surface area contributed by atoms with Crippen molar-refractivity contribution < 1.29 is 14.6 Å². The zero-order valence-corrected chi connectivity index (χ0v) is 11.4. The quantitative estimate of drug-likeness (QED) is 0.759. The number of phenolic OH excluding ortho intramolecular Hbond substituents is 1. The van der Waals surface area contributed by atoms with E-state index in [4.69, 9.17) is 22.1 Å². The van der Waals surface area contributed by atoms with Crippen LogP contribution in [0.15, 0.2) is 36.4 Å². The molecule has 0 aromatic heterocycles. The summed E-state index contributed by atoms with van der Waals surface area (Å²) in [5.41, 5.74) is 6.80. The predicted octanol–water partition coefficient (Wildman–Crippen LogP) is 2.89. The molecular weight excluding hydrogens is 280 g/mol. The number of halogens is 1. The van der Waals surface area contributed by atoms with Crippen LogP contribution in [0.3, 0.4) is 0 Å². The van der Waals surface area contributed by atoms with Gasteiger partial charge in [-0.15, -0.1) is 0 Å². The first kappa shape index (κ1) is 14.0. The fourth-order valence-electron chi connectivity index (χ4n) is 1.68. The van der Waals surface area contributed by atoms with Gasteiger partial charge in [0, 0.05) is 16.8 Å². The van der Waals surface area contributed by atoms with Gasteiger partial charge in [0.25, 0.3) is 5.91 Å². The molecular formula is C14H13ClN2O3. The molecule has 5 nitrogen and oxygen atoms in total. The number of nitrogens with two attached hydrogens (primary N) is 1. The number of hydrogen-bond donors (Lipinski definition) is 3. The number of carbonyl (C=O) groups is 1. The largest absolute Gasteiger partial charge is 0.507 e. The van der Waals surface area contributed by atoms with Crippen LogP contribution in [0.5, 0.6) is 11.5 Å². The third kappa shape index (κ3) is 2.95. The number of anilines is 2. The summed E-state index contributed by atoms with van der Waals surface area (Å²) in [6.07, 6.45) is 0. The highest BCUT2D eigenvalue weighted by atomic mass is 35.5. The Bertz CT molecular complexity index is 659. The van der Waals surface area contributed by atoms with E-state index in [-0.39, 0.29) is 11.3 Å². The summed E-state index contributed by atoms with van der Waals surface area (Å²) in [7, 11) is 1.49. The third-order valence-corrected chi connectivity index (χ3v) is 2.93. The van der Waals surface area contributed by atoms with Gasteiger partial charge in [-0.3, -0.25) is 4.79 Å². The van der Waals surface area contributed by atoms with E-state index in [1.165, 1.54) is 25.3 Å². The molecule has 0 saturated carbocycles. The average molecular weight is 293 g/mol. The molecule has 0 bridgehead atoms. The lowest BCUT2D eigenvalue weighted by Crippen LogP contribution is -2.12. The Morgan fingerprint density at radius 1 is 1.30 bits per heavy atom. The average Bonchev–Trinajstić information content (AvgIpc) is 2.40. The van der Waals surface area contributed by atoms with Crippen LogP contribution in [-0.4, -0.2) is 18.1 Å². The highest BCUT2D eigenvalue weighted by molar-refractivity contribution is 6.31. The minimum Gasteiger partial charge on any atom is -0.507 e. The maximum Gasteiger partial charge on any atom is 0.259 e. The van der Waals surface area contributed by atoms with Gasteiger partial charge in [0.2, 0.25) is 0 Å². The van der Waals surface area contributed by atoms with Crippen LogP contribution in [0, 0.1) is 0 Å². The van der Waals surface area contributed by atoms with Crippen LogP contribution in [0.1, 0.15) is 10.4 Å². The molecule has 4 N–H and O–H groups in total. The number of nitrogen functional groups attached to an aromatic ring is 1. The van der Waals surface area contributed by atoms with Gasteiger partial charge in [-0.05, 0) is 30.3 Å². The maximum absolute atomic E-state index is 12.0. The van der Waals surface area contributed by atoms with Crippen molar-refractivity contribution in [1.29, 1.82) is 0 Å². The summed E-state index contributed by atoms with van der Waals surface area (Å²) in [4.78, 5) is 12.0. The second-order valence-electron chi connectivity index (χ2n) is 4.07. The van der Waals surface area contributed by atoms with Crippen molar-refractivity contribution in [3.8, 4) is 11.5 Å². The van der Waals surface area contributed by atoms with Crippen LogP contribution in [0.2, 0.25) is 5.02 Å². The summed E-state index contributed by atoms with van der Waals surface area (Å²) >= 11 is 5.72. The lowest BCUT2D eigenvalue weighted by molar-refractivity contribution is 0.102. The first-order valence-corrected chi connectivity index (χ1v) is 6.12. The van der Waals surface area contributed by atoms with E-state index in [1.807, 2.05) is 0 Å². The van der Waals surface area contributed by atoms with E-state index in [1.54, 1.807) is 18.2 Å². The minimum absolute atomic E-state index is 0.130. The second-order valence-corrected chi connectivity index (χ2v) is 4.51. The fourth-order valence-corrected chi connectivity index (χ4v) is 1.85. The summed E-state index contributed by atoms with van der Waals surface area (Å²) in [5, 5.41) is 12.7. The molecule has 2 rings (SSSR count). The molecule has 1 amide bonds. The second kappa shape index (κ2) is 5.71. The van der Waals surface area contributed by atoms with Gasteiger partial charge in [0.1, 0.15) is 11.5 Å². The summed E-state index contributed by atoms with van der Waals surface area (Å²) in [6, 6.07) is 9.14. The van der Waals surface area contributed by atoms with Gasteiger partial charge >= 0.3 is 0 Å². The van der Waals surface area contributed by atoms with Crippen LogP contribution in [0.25, 0.3) is 0 Å². The van der Waals surface area contributed by atoms with Crippen LogP contribution in [-0.2, 0) is 0 Å². The Balaban J connectivity index is 2.23. The van der Waals surface area contributed by atoms with Crippen LogP contribution in [0.4, 0.5) is 11.4 Å². The number of phenols is 1. The lowest BCUT2D eigenvalue weighted by atomic mass is 10.2. The summed E-state index contributed by atoms with van der Waals surface area (Å²) < 4.78 is 5.07. The molecule has 104 valence electrons. The Morgan fingerprint density at radius 2 is 2.05 bits per heavy atom. The van der Waals surface area contributed by atoms with Crippen LogP contribution >= 0.6 is 11.6 Å². The van der Waals surface area contributed by atoms with E-state index in [2.05, 4.69) is 5.32 Å². The zero-order valence-electron chi connectivity index (χ0n) is 10.7. The molecule has 2 aromatic rings. The topological polar surface area (TPSA) is 84.6 Å². The molecule has 0 fully saturated rings. The van der Waals surface area contributed by atoms with E-state index in [9.17, 15) is 9.90 Å². The predicted molar refractivity (Wildman–Crippen MR) is 78.5 cm³/mol. The van der Waals surface area contributed by atoms with E-state index in [0.717, 1.165) is 0 Å². The normalized spacial score (nSPS) is 10.1. The lowest BCUT2D eigenvalue weighted by Gasteiger charge is -2.10. The zero-order chi connectivity index (χ0) is 14.7. The first-order chi connectivity index (χ1) is 9.51. The minimum atomic E-state index is -0.453. The van der Waals surface area contributed by atoms with E-state index >= 15 is 0 Å². The Morgan fingerprint density at radius 3 is 2.70 bits per heavy atom. The van der Waals surface area contributed by atoms with E-state index < -0.39 is 5.91 Å². The van der Waals surface area contributed by atoms with Crippen LogP contribution < -0.4 is 15.8 Å². The molecule has 20 heavy (non-hydrogen) atoms. The van der Waals surface area contributed by atoms with Crippen molar-refractivity contribution >= 4 is 28.9 Å². The van der Waals surface area contributed by atoms with Crippen molar-refractivity contribution in [1.82, 2.24) is 0 Å². The molecule has 0 aliphatic rings. The van der Waals surface area contributed by atoms with Gasteiger partial charge in [-0.25, -0.2) is 0 Å². The Labute approximate surface area is 120 Å². The van der Waals surface area contributed by atoms with E-state index in [0.29, 0.717) is 22.1 Å². The number of aromatic hydroxyl groups is 1. The van der Waals surface area contributed by atoms with Crippen molar-refractivity contribution in [2.75, 3.05) is 18.2 Å². The fraction of sp³-hybridized carbons (Fsp3) is 0.0714. The molecule has 0 spiro atoms. The number of nitrogens with one attached hydrogen (secondary N) is 1. The Kier molecular flexibility index (Phi) is 4.00. The molecule has 0 unspecified atom stereocenters. The number of hydrogen-bond acceptors (Lipinski definition) is 4. The standard InChI is InChI=1S/C14H13ClN2O3/c1-20-13-7-9(3-5-11(13)16)17-14(19)10-4-2-8(15)6-12(10)18/h2-7,18H,16H2,1H3,(H,17,19). The Hall–Kier alpha value is -2.40. The number of benzene rings is 2. The molecule has 0 aliphatic carbocycles. The van der Waals surface area contributed by atoms with Crippen molar-refractivity contribution in [2.45, 2.75) is 0 Å². The molecule has 0 aliphatic heterocycles. The number of ether oxygens (including phenoxy) is 1. The SMILES string of the molecule is COc1cc(NC(=O)c2ccc(Cl)cc2O)ccc1N. The van der Waals surface area contributed by atoms with Crippen molar-refractivity contribution in [2.24, 2.45) is 0 Å². The number of rotatable bonds is 3. The first-order valence-electron chi connectivity index (χ1n) is 5.74. The summed E-state index contributed by atoms with van der Waals surface area (Å²) in [5.74, 6) is -0.175. The van der Waals surface area contributed by atoms with Crippen molar-refractivity contribution in [3.05, 3.63) is 47.0 Å². The molecule has 0 saturated heterocycles. The maximum atomic E-state index is 12.0. The number of carbonyl (C=O) groups excluding carboxylic acids is 1. The van der Waals surface area contributed by atoms with Gasteiger partial charge in [0.15, 0.2) is 0 Å². The summed E-state index contributed by atoms with van der Waals surface area (Å²) in [6.45, 7) is 0. The molecule has 0 heterocycles. The van der Waals surface area contributed by atoms with Gasteiger partial charge in [-0.2, -0.15) is 0 Å². The molecule has 0 atom stereocenters. The molecule has 0 radical (unpaired) electrons. The highest BCUT2D eigenvalue weighted by Gasteiger charge is 2.12. The number of amides is 1. The van der Waals surface area contributed by atoms with Crippen molar-refractivity contribution in [3.63, 3.8) is 0 Å². The van der Waals surface area contributed by atoms with Gasteiger partial charge in [-0.1, -0.05) is 11.6 Å². The molecule has 2 aromatic carbocycles. The van der Waals surface area contributed by atoms with Gasteiger partial charge < -0.3 is 20.9 Å². The smallest absolute Gasteiger partial charge is 0.259 e. The highest BCUT2D eigenvalue weighted by Crippen LogP contribution is 2.27. The third-order valence-electron chi connectivity index (χ3n) is 2.70.